The van der Waals surface area contributed by atoms with Gasteiger partial charge in [-0.25, -0.2) is 4.79 Å². The lowest BCUT2D eigenvalue weighted by molar-refractivity contribution is 0.132. The number of carbonyl (C=O) groups is 1. The molecule has 5 nitrogen and oxygen atoms in total. The largest absolute Gasteiger partial charge is 0.494 e. The average molecular weight is 264 g/mol. The third kappa shape index (κ3) is 3.38. The molecule has 2 rings (SSSR count). The Hall–Kier alpha value is -1.75. The summed E-state index contributed by atoms with van der Waals surface area (Å²) in [7, 11) is 0. The van der Waals surface area contributed by atoms with E-state index < -0.39 is 0 Å². The third-order valence-corrected chi connectivity index (χ3v) is 3.08. The number of benzene rings is 1. The summed E-state index contributed by atoms with van der Waals surface area (Å²) in [6.07, 6.45) is 0.346. The molecule has 1 saturated heterocycles. The monoisotopic (exact) mass is 264 g/mol. The highest BCUT2D eigenvalue weighted by molar-refractivity contribution is 5.70. The standard InChI is InChI=1S/C14H20N2O3/c1-2-18-12-6-4-11(5-7-12)13-10-16(9-3-8-15)14(17)19-13/h4-7,13H,2-3,8-10,15H2,1H3. The van der Waals surface area contributed by atoms with Crippen molar-refractivity contribution < 1.29 is 14.3 Å². The molecule has 0 bridgehead atoms. The van der Waals surface area contributed by atoms with Gasteiger partial charge >= 0.3 is 6.09 Å². The molecule has 1 unspecified atom stereocenters. The Morgan fingerprint density at radius 3 is 2.79 bits per heavy atom. The molecule has 19 heavy (non-hydrogen) atoms. The van der Waals surface area contributed by atoms with Gasteiger partial charge in [0.1, 0.15) is 11.9 Å². The van der Waals surface area contributed by atoms with E-state index in [0.717, 1.165) is 17.7 Å². The zero-order valence-corrected chi connectivity index (χ0v) is 11.2. The fourth-order valence-electron chi connectivity index (χ4n) is 2.09. The number of ether oxygens (including phenoxy) is 2. The second-order valence-corrected chi connectivity index (χ2v) is 4.46. The molecule has 1 amide bonds. The molecule has 0 spiro atoms. The van der Waals surface area contributed by atoms with E-state index in [1.807, 2.05) is 31.2 Å². The summed E-state index contributed by atoms with van der Waals surface area (Å²) in [4.78, 5) is 13.4. The summed E-state index contributed by atoms with van der Waals surface area (Å²) in [5, 5.41) is 0. The lowest BCUT2D eigenvalue weighted by Gasteiger charge is -2.12. The van der Waals surface area contributed by atoms with E-state index in [2.05, 4.69) is 0 Å². The van der Waals surface area contributed by atoms with Gasteiger partial charge in [-0.15, -0.1) is 0 Å². The van der Waals surface area contributed by atoms with Crippen LogP contribution in [0.2, 0.25) is 0 Å². The Labute approximate surface area is 113 Å². The maximum atomic E-state index is 11.7. The minimum absolute atomic E-state index is 0.194. The Kier molecular flexibility index (Phi) is 4.63. The van der Waals surface area contributed by atoms with Crippen LogP contribution in [-0.4, -0.2) is 37.2 Å². The van der Waals surface area contributed by atoms with Gasteiger partial charge in [0.2, 0.25) is 0 Å². The van der Waals surface area contributed by atoms with E-state index in [9.17, 15) is 4.79 Å². The lowest BCUT2D eigenvalue weighted by atomic mass is 10.1. The zero-order chi connectivity index (χ0) is 13.7. The number of nitrogens with two attached hydrogens (primary N) is 1. The van der Waals surface area contributed by atoms with Crippen LogP contribution in [0.25, 0.3) is 0 Å². The Balaban J connectivity index is 1.97. The van der Waals surface area contributed by atoms with E-state index >= 15 is 0 Å². The highest BCUT2D eigenvalue weighted by Gasteiger charge is 2.31. The second-order valence-electron chi connectivity index (χ2n) is 4.46. The van der Waals surface area contributed by atoms with E-state index in [0.29, 0.717) is 26.2 Å². The van der Waals surface area contributed by atoms with Crippen LogP contribution in [0.1, 0.15) is 25.0 Å². The quantitative estimate of drug-likeness (QED) is 0.852. The molecule has 1 aliphatic heterocycles. The SMILES string of the molecule is CCOc1ccc(C2CN(CCCN)C(=O)O2)cc1. The summed E-state index contributed by atoms with van der Waals surface area (Å²) >= 11 is 0. The summed E-state index contributed by atoms with van der Waals surface area (Å²) in [5.74, 6) is 0.829. The van der Waals surface area contributed by atoms with E-state index in [1.54, 1.807) is 4.90 Å². The van der Waals surface area contributed by atoms with Gasteiger partial charge in [0.15, 0.2) is 0 Å². The number of carbonyl (C=O) groups excluding carboxylic acids is 1. The van der Waals surface area contributed by atoms with Crippen LogP contribution in [0.15, 0.2) is 24.3 Å². The van der Waals surface area contributed by atoms with Crippen molar-refractivity contribution in [2.45, 2.75) is 19.4 Å². The minimum atomic E-state index is -0.257. The van der Waals surface area contributed by atoms with Gasteiger partial charge < -0.3 is 20.1 Å². The first-order valence-corrected chi connectivity index (χ1v) is 6.63. The molecule has 5 heteroatoms. The number of hydrogen-bond donors (Lipinski definition) is 1. The lowest BCUT2D eigenvalue weighted by Crippen LogP contribution is -2.27. The fraction of sp³-hybridized carbons (Fsp3) is 0.500. The van der Waals surface area contributed by atoms with Crippen molar-refractivity contribution in [2.24, 2.45) is 5.73 Å². The van der Waals surface area contributed by atoms with Crippen molar-refractivity contribution in [1.82, 2.24) is 4.90 Å². The normalized spacial score (nSPS) is 18.5. The molecular formula is C14H20N2O3. The highest BCUT2D eigenvalue weighted by atomic mass is 16.6. The van der Waals surface area contributed by atoms with Crippen molar-refractivity contribution in [2.75, 3.05) is 26.2 Å². The molecule has 1 atom stereocenters. The molecule has 1 aromatic carbocycles. The molecule has 0 saturated carbocycles. The van der Waals surface area contributed by atoms with Gasteiger partial charge in [0, 0.05) is 6.54 Å². The minimum Gasteiger partial charge on any atom is -0.494 e. The number of hydrogen-bond acceptors (Lipinski definition) is 4. The average Bonchev–Trinajstić information content (AvgIpc) is 2.79. The molecule has 0 radical (unpaired) electrons. The van der Waals surface area contributed by atoms with Gasteiger partial charge in [-0.3, -0.25) is 0 Å². The highest BCUT2D eigenvalue weighted by Crippen LogP contribution is 2.27. The maximum absolute atomic E-state index is 11.7. The Bertz CT molecular complexity index is 419. The first kappa shape index (κ1) is 13.7. The number of nitrogens with zero attached hydrogens (tertiary/aromatic N) is 1. The summed E-state index contributed by atoms with van der Waals surface area (Å²) in [6, 6.07) is 7.68. The van der Waals surface area contributed by atoms with Crippen LogP contribution in [-0.2, 0) is 4.74 Å². The third-order valence-electron chi connectivity index (χ3n) is 3.08. The molecule has 2 N–H and O–H groups in total. The van der Waals surface area contributed by atoms with Crippen molar-refractivity contribution in [3.05, 3.63) is 29.8 Å². The summed E-state index contributed by atoms with van der Waals surface area (Å²) < 4.78 is 10.7. The zero-order valence-electron chi connectivity index (χ0n) is 11.2. The fourth-order valence-corrected chi connectivity index (χ4v) is 2.09. The van der Waals surface area contributed by atoms with Gasteiger partial charge in [0.25, 0.3) is 0 Å². The summed E-state index contributed by atoms with van der Waals surface area (Å²) in [6.45, 7) is 4.42. The van der Waals surface area contributed by atoms with E-state index in [1.165, 1.54) is 0 Å². The van der Waals surface area contributed by atoms with Crippen LogP contribution in [0.5, 0.6) is 5.75 Å². The Morgan fingerprint density at radius 1 is 1.42 bits per heavy atom. The number of amides is 1. The van der Waals surface area contributed by atoms with Crippen LogP contribution in [0.3, 0.4) is 0 Å². The van der Waals surface area contributed by atoms with Crippen LogP contribution >= 0.6 is 0 Å². The topological polar surface area (TPSA) is 64.8 Å². The molecule has 104 valence electrons. The summed E-state index contributed by atoms with van der Waals surface area (Å²) in [5.41, 5.74) is 6.44. The molecule has 0 aliphatic carbocycles. The van der Waals surface area contributed by atoms with Crippen LogP contribution in [0, 0.1) is 0 Å². The number of rotatable bonds is 6. The molecule has 1 fully saturated rings. The molecule has 1 heterocycles. The van der Waals surface area contributed by atoms with Gasteiger partial charge in [-0.1, -0.05) is 12.1 Å². The van der Waals surface area contributed by atoms with Gasteiger partial charge in [0.05, 0.1) is 13.2 Å². The van der Waals surface area contributed by atoms with E-state index in [-0.39, 0.29) is 12.2 Å². The molecular weight excluding hydrogens is 244 g/mol. The van der Waals surface area contributed by atoms with Crippen LogP contribution < -0.4 is 10.5 Å². The Morgan fingerprint density at radius 2 is 2.16 bits per heavy atom. The smallest absolute Gasteiger partial charge is 0.410 e. The molecule has 1 aliphatic rings. The maximum Gasteiger partial charge on any atom is 0.410 e. The van der Waals surface area contributed by atoms with Crippen molar-refractivity contribution in [3.63, 3.8) is 0 Å². The van der Waals surface area contributed by atoms with Crippen molar-refractivity contribution in [1.29, 1.82) is 0 Å². The predicted molar refractivity (Wildman–Crippen MR) is 72.1 cm³/mol. The first-order valence-electron chi connectivity index (χ1n) is 6.63. The van der Waals surface area contributed by atoms with Gasteiger partial charge in [-0.05, 0) is 37.6 Å². The van der Waals surface area contributed by atoms with E-state index in [4.69, 9.17) is 15.2 Å². The van der Waals surface area contributed by atoms with Crippen molar-refractivity contribution in [3.8, 4) is 5.75 Å². The molecule has 1 aromatic rings. The van der Waals surface area contributed by atoms with Crippen molar-refractivity contribution >= 4 is 6.09 Å². The molecule has 0 aromatic heterocycles. The predicted octanol–water partition coefficient (Wildman–Crippen LogP) is 1.93. The van der Waals surface area contributed by atoms with Gasteiger partial charge in [-0.2, -0.15) is 0 Å². The second kappa shape index (κ2) is 6.43. The first-order chi connectivity index (χ1) is 9.24. The number of cyclic esters (lactones) is 1. The van der Waals surface area contributed by atoms with Crippen LogP contribution in [0.4, 0.5) is 4.79 Å².